The van der Waals surface area contributed by atoms with Gasteiger partial charge in [-0.2, -0.15) is 0 Å². The number of ether oxygens (including phenoxy) is 4. The molecule has 576 valence electrons. The van der Waals surface area contributed by atoms with Gasteiger partial charge in [0.15, 0.2) is 12.2 Å². The zero-order chi connectivity index (χ0) is 73.2. The van der Waals surface area contributed by atoms with Crippen molar-refractivity contribution in [3.8, 4) is 0 Å². The molecule has 17 nitrogen and oxygen atoms in total. The molecule has 0 aromatic carbocycles. The highest BCUT2D eigenvalue weighted by atomic mass is 31.2. The van der Waals surface area contributed by atoms with Gasteiger partial charge in [-0.15, -0.1) is 0 Å². The fraction of sp³-hybridized carbons (Fsp3) is 0.728. The predicted octanol–water partition coefficient (Wildman–Crippen LogP) is 22.6. The topological polar surface area (TPSA) is 237 Å². The molecule has 0 saturated carbocycles. The second-order valence-corrected chi connectivity index (χ2v) is 28.8. The number of allylic oxidation sites excluding steroid dienone is 18. The number of esters is 4. The van der Waals surface area contributed by atoms with Crippen LogP contribution in [0.2, 0.25) is 0 Å². The molecular weight excluding hydrogens is 1310 g/mol. The zero-order valence-corrected chi connectivity index (χ0v) is 64.6. The molecule has 0 fully saturated rings. The second kappa shape index (κ2) is 73.0. The summed E-state index contributed by atoms with van der Waals surface area (Å²) in [6, 6.07) is 0. The fourth-order valence-electron chi connectivity index (χ4n) is 10.2. The van der Waals surface area contributed by atoms with Crippen molar-refractivity contribution in [2.24, 2.45) is 0 Å². The molecule has 0 amide bonds. The van der Waals surface area contributed by atoms with Gasteiger partial charge in [-0.05, 0) is 128 Å². The van der Waals surface area contributed by atoms with Gasteiger partial charge in [0, 0.05) is 25.7 Å². The molecule has 100 heavy (non-hydrogen) atoms. The fourth-order valence-corrected chi connectivity index (χ4v) is 11.8. The van der Waals surface area contributed by atoms with Gasteiger partial charge in [0.1, 0.15) is 19.3 Å². The minimum absolute atomic E-state index is 0.0715. The van der Waals surface area contributed by atoms with Gasteiger partial charge in [0.2, 0.25) is 0 Å². The summed E-state index contributed by atoms with van der Waals surface area (Å²) in [5.41, 5.74) is 0. The molecular formula is C81H140O17P2. The normalized spacial score (nSPS) is 14.5. The standard InChI is InChI=1S/C81H140O17P2/c1-5-9-13-17-21-25-29-31-33-35-37-39-41-43-47-50-54-58-62-66-79(84)92-72-77(98-81(86)68-64-60-56-52-48-44-42-40-38-36-34-32-30-26-22-18-14-10-6-2)74-96-100(89,90)94-70-75(82)69-93-99(87,88)95-73-76(97-80(85)67-63-59-55-51-46-28-24-20-16-12-8-4)71-91-78(83)65-61-57-53-49-45-27-23-19-15-11-7-3/h9,13,19,21-23,25-26,31-34,37-40,43,47,75-77,82H,5-8,10-12,14-18,20,24,27-30,35-36,41-42,44-46,48-74H2,1-4H3,(H,87,88)(H,89,90)/b13-9-,23-19-,25-21-,26-22-,33-31-,34-32-,39-37-,40-38-,47-43-. The molecule has 5 unspecified atom stereocenters. The molecule has 3 N–H and O–H groups in total. The first kappa shape index (κ1) is 95.7. The number of carbonyl (C=O) groups excluding carboxylic acids is 4. The Morgan fingerprint density at radius 3 is 0.870 bits per heavy atom. The van der Waals surface area contributed by atoms with E-state index >= 15 is 0 Å². The molecule has 19 heteroatoms. The van der Waals surface area contributed by atoms with E-state index in [4.69, 9.17) is 37.0 Å². The lowest BCUT2D eigenvalue weighted by Crippen LogP contribution is -2.30. The van der Waals surface area contributed by atoms with Gasteiger partial charge in [-0.3, -0.25) is 37.3 Å². The van der Waals surface area contributed by atoms with Crippen LogP contribution in [-0.4, -0.2) is 96.7 Å². The molecule has 0 aliphatic heterocycles. The Labute approximate surface area is 607 Å². The highest BCUT2D eigenvalue weighted by Gasteiger charge is 2.30. The second-order valence-electron chi connectivity index (χ2n) is 25.9. The van der Waals surface area contributed by atoms with Crippen LogP contribution in [0.5, 0.6) is 0 Å². The van der Waals surface area contributed by atoms with Crippen molar-refractivity contribution in [1.82, 2.24) is 0 Å². The Morgan fingerprint density at radius 1 is 0.290 bits per heavy atom. The molecule has 0 aromatic heterocycles. The third-order valence-electron chi connectivity index (χ3n) is 16.2. The molecule has 0 aliphatic rings. The largest absolute Gasteiger partial charge is 0.472 e. The first-order valence-electron chi connectivity index (χ1n) is 39.1. The molecule has 0 heterocycles. The van der Waals surface area contributed by atoms with Crippen LogP contribution in [-0.2, 0) is 65.4 Å². The van der Waals surface area contributed by atoms with E-state index in [1.54, 1.807) is 0 Å². The van der Waals surface area contributed by atoms with Gasteiger partial charge in [0.05, 0.1) is 26.4 Å². The number of hydrogen-bond donors (Lipinski definition) is 3. The summed E-state index contributed by atoms with van der Waals surface area (Å²) in [5, 5.41) is 10.6. The van der Waals surface area contributed by atoms with Crippen LogP contribution >= 0.6 is 15.6 Å². The summed E-state index contributed by atoms with van der Waals surface area (Å²) in [4.78, 5) is 72.8. The van der Waals surface area contributed by atoms with Crippen molar-refractivity contribution in [1.29, 1.82) is 0 Å². The first-order chi connectivity index (χ1) is 48.7. The highest BCUT2D eigenvalue weighted by molar-refractivity contribution is 7.47. The van der Waals surface area contributed by atoms with Gasteiger partial charge < -0.3 is 33.8 Å². The summed E-state index contributed by atoms with van der Waals surface area (Å²) in [7, 11) is -9.96. The van der Waals surface area contributed by atoms with E-state index in [1.807, 2.05) is 0 Å². The number of hydrogen-bond acceptors (Lipinski definition) is 15. The molecule has 0 bridgehead atoms. The maximum Gasteiger partial charge on any atom is 0.472 e. The molecule has 5 atom stereocenters. The van der Waals surface area contributed by atoms with E-state index in [1.165, 1.54) is 70.6 Å². The van der Waals surface area contributed by atoms with Crippen LogP contribution in [0, 0.1) is 0 Å². The average molecular weight is 1450 g/mol. The summed E-state index contributed by atoms with van der Waals surface area (Å²) in [6.45, 7) is 4.64. The van der Waals surface area contributed by atoms with Crippen LogP contribution in [0.15, 0.2) is 109 Å². The van der Waals surface area contributed by atoms with Gasteiger partial charge in [-0.25, -0.2) is 9.13 Å². The third kappa shape index (κ3) is 72.1. The summed E-state index contributed by atoms with van der Waals surface area (Å²) < 4.78 is 68.4. The number of rotatable bonds is 73. The van der Waals surface area contributed by atoms with Crippen molar-refractivity contribution in [3.63, 3.8) is 0 Å². The Morgan fingerprint density at radius 2 is 0.530 bits per heavy atom. The monoisotopic (exact) mass is 1450 g/mol. The Balaban J connectivity index is 5.37. The van der Waals surface area contributed by atoms with Gasteiger partial charge in [-0.1, -0.05) is 278 Å². The third-order valence-corrected chi connectivity index (χ3v) is 18.1. The molecule has 0 aliphatic carbocycles. The minimum atomic E-state index is -4.99. The van der Waals surface area contributed by atoms with E-state index in [0.717, 1.165) is 173 Å². The molecule has 0 radical (unpaired) electrons. The predicted molar refractivity (Wildman–Crippen MR) is 408 cm³/mol. The lowest BCUT2D eigenvalue weighted by molar-refractivity contribution is -0.161. The van der Waals surface area contributed by atoms with Crippen molar-refractivity contribution in [2.75, 3.05) is 39.6 Å². The highest BCUT2D eigenvalue weighted by Crippen LogP contribution is 2.45. The molecule has 0 rings (SSSR count). The lowest BCUT2D eigenvalue weighted by atomic mass is 10.1. The maximum absolute atomic E-state index is 13.1. The van der Waals surface area contributed by atoms with E-state index in [0.29, 0.717) is 25.7 Å². The number of carbonyl (C=O) groups is 4. The summed E-state index contributed by atoms with van der Waals surface area (Å²) in [6.07, 6.45) is 77.9. The number of phosphoric acid groups is 2. The smallest absolute Gasteiger partial charge is 0.462 e. The quantitative estimate of drug-likeness (QED) is 0.0169. The minimum Gasteiger partial charge on any atom is -0.462 e. The number of unbranched alkanes of at least 4 members (excludes halogenated alkanes) is 29. The van der Waals surface area contributed by atoms with Crippen LogP contribution in [0.4, 0.5) is 0 Å². The molecule has 0 aromatic rings. The van der Waals surface area contributed by atoms with Gasteiger partial charge in [0.25, 0.3) is 0 Å². The van der Waals surface area contributed by atoms with E-state index in [2.05, 4.69) is 137 Å². The van der Waals surface area contributed by atoms with Crippen molar-refractivity contribution in [2.45, 2.75) is 341 Å². The van der Waals surface area contributed by atoms with E-state index < -0.39 is 97.5 Å². The average Bonchev–Trinajstić information content (AvgIpc) is 1.06. The van der Waals surface area contributed by atoms with Crippen LogP contribution in [0.1, 0.15) is 323 Å². The van der Waals surface area contributed by atoms with E-state index in [9.17, 15) is 43.2 Å². The van der Waals surface area contributed by atoms with E-state index in [-0.39, 0.29) is 25.7 Å². The zero-order valence-electron chi connectivity index (χ0n) is 62.8. The lowest BCUT2D eigenvalue weighted by Gasteiger charge is -2.21. The summed E-state index contributed by atoms with van der Waals surface area (Å²) in [5.74, 6) is -2.22. The Kier molecular flexibility index (Phi) is 69.9. The van der Waals surface area contributed by atoms with Crippen LogP contribution < -0.4 is 0 Å². The van der Waals surface area contributed by atoms with Crippen LogP contribution in [0.25, 0.3) is 0 Å². The molecule has 0 saturated heterocycles. The number of aliphatic hydroxyl groups is 1. The summed E-state index contributed by atoms with van der Waals surface area (Å²) >= 11 is 0. The number of aliphatic hydroxyl groups excluding tert-OH is 1. The maximum atomic E-state index is 13.1. The Hall–Kier alpha value is -4.28. The number of phosphoric ester groups is 2. The SMILES string of the molecule is CC/C=C\C/C=C\C/C=C\C/C=C\C/C=C\CCCCCC(=O)OCC(COP(=O)(O)OCC(O)COP(=O)(O)OCC(COC(=O)CCCCCCC/C=C\CCCC)OC(=O)CCCCCCCCCCCCC)OC(=O)CCCCCCCC/C=C\C/C=C\C/C=C\CCCCC. The van der Waals surface area contributed by atoms with Crippen molar-refractivity contribution in [3.05, 3.63) is 109 Å². The van der Waals surface area contributed by atoms with Crippen molar-refractivity contribution < 1.29 is 80.2 Å². The van der Waals surface area contributed by atoms with Crippen LogP contribution in [0.3, 0.4) is 0 Å². The first-order valence-corrected chi connectivity index (χ1v) is 42.1. The molecule has 0 spiro atoms. The van der Waals surface area contributed by atoms with Crippen molar-refractivity contribution >= 4 is 39.5 Å². The Bertz CT molecular complexity index is 2320. The van der Waals surface area contributed by atoms with Gasteiger partial charge >= 0.3 is 39.5 Å².